The van der Waals surface area contributed by atoms with E-state index in [0.29, 0.717) is 13.1 Å². The minimum absolute atomic E-state index is 0.0123. The maximum atomic E-state index is 13.0. The second kappa shape index (κ2) is 7.85. The number of hydrogen-bond acceptors (Lipinski definition) is 4. The lowest BCUT2D eigenvalue weighted by Gasteiger charge is -2.24. The molecule has 4 nitrogen and oxygen atoms in total. The monoisotopic (exact) mass is 349 g/mol. The molecule has 24 heavy (non-hydrogen) atoms. The molecule has 0 bridgehead atoms. The SMILES string of the molecule is CCN(CC(=O)NC(C)(C)C)Cc1csc(-c2ccc(F)cc2)n1. The molecule has 0 atom stereocenters. The minimum Gasteiger partial charge on any atom is -0.350 e. The third-order valence-corrected chi connectivity index (χ3v) is 4.30. The first-order chi connectivity index (χ1) is 11.3. The summed E-state index contributed by atoms with van der Waals surface area (Å²) in [5.41, 5.74) is 1.60. The molecule has 0 spiro atoms. The van der Waals surface area contributed by atoms with E-state index in [1.54, 1.807) is 12.1 Å². The van der Waals surface area contributed by atoms with Gasteiger partial charge in [0.2, 0.25) is 5.91 Å². The second-order valence-electron chi connectivity index (χ2n) is 6.75. The largest absolute Gasteiger partial charge is 0.350 e. The number of nitrogens with one attached hydrogen (secondary N) is 1. The van der Waals surface area contributed by atoms with E-state index in [0.717, 1.165) is 22.8 Å². The van der Waals surface area contributed by atoms with Crippen LogP contribution in [0.4, 0.5) is 4.39 Å². The summed E-state index contributed by atoms with van der Waals surface area (Å²) in [7, 11) is 0. The van der Waals surface area contributed by atoms with Gasteiger partial charge in [0.25, 0.3) is 0 Å². The molecule has 0 radical (unpaired) electrons. The van der Waals surface area contributed by atoms with Crippen molar-refractivity contribution in [3.05, 3.63) is 41.2 Å². The van der Waals surface area contributed by atoms with Crippen LogP contribution in [0.5, 0.6) is 0 Å². The van der Waals surface area contributed by atoms with Crippen molar-refractivity contribution in [2.75, 3.05) is 13.1 Å². The van der Waals surface area contributed by atoms with Crippen molar-refractivity contribution in [3.63, 3.8) is 0 Å². The molecule has 130 valence electrons. The van der Waals surface area contributed by atoms with Gasteiger partial charge in [-0.25, -0.2) is 9.37 Å². The van der Waals surface area contributed by atoms with Gasteiger partial charge in [0.1, 0.15) is 10.8 Å². The molecule has 0 fully saturated rings. The van der Waals surface area contributed by atoms with Gasteiger partial charge in [0, 0.05) is 23.0 Å². The van der Waals surface area contributed by atoms with E-state index in [1.165, 1.54) is 23.5 Å². The molecule has 0 unspecified atom stereocenters. The van der Waals surface area contributed by atoms with E-state index in [4.69, 9.17) is 0 Å². The summed E-state index contributed by atoms with van der Waals surface area (Å²) < 4.78 is 13.0. The van der Waals surface area contributed by atoms with E-state index in [2.05, 4.69) is 10.3 Å². The first kappa shape index (κ1) is 18.5. The smallest absolute Gasteiger partial charge is 0.234 e. The number of carbonyl (C=O) groups is 1. The highest BCUT2D eigenvalue weighted by atomic mass is 32.1. The van der Waals surface area contributed by atoms with Crippen LogP contribution >= 0.6 is 11.3 Å². The van der Waals surface area contributed by atoms with Crippen molar-refractivity contribution >= 4 is 17.2 Å². The highest BCUT2D eigenvalue weighted by Crippen LogP contribution is 2.24. The fraction of sp³-hybridized carbons (Fsp3) is 0.444. The highest BCUT2D eigenvalue weighted by molar-refractivity contribution is 7.13. The second-order valence-corrected chi connectivity index (χ2v) is 7.61. The first-order valence-electron chi connectivity index (χ1n) is 8.00. The van der Waals surface area contributed by atoms with Gasteiger partial charge >= 0.3 is 0 Å². The number of amides is 1. The van der Waals surface area contributed by atoms with Crippen molar-refractivity contribution in [2.24, 2.45) is 0 Å². The molecule has 1 aromatic heterocycles. The van der Waals surface area contributed by atoms with Crippen LogP contribution in [0, 0.1) is 5.82 Å². The topological polar surface area (TPSA) is 45.2 Å². The Morgan fingerprint density at radius 2 is 1.96 bits per heavy atom. The van der Waals surface area contributed by atoms with E-state index in [-0.39, 0.29) is 17.3 Å². The molecule has 2 rings (SSSR count). The zero-order valence-corrected chi connectivity index (χ0v) is 15.4. The Balaban J connectivity index is 1.99. The predicted molar refractivity (Wildman–Crippen MR) is 96.4 cm³/mol. The molecular formula is C18H24FN3OS. The van der Waals surface area contributed by atoms with Crippen molar-refractivity contribution in [2.45, 2.75) is 39.8 Å². The summed E-state index contributed by atoms with van der Waals surface area (Å²) in [6.45, 7) is 9.66. The van der Waals surface area contributed by atoms with E-state index >= 15 is 0 Å². The standard InChI is InChI=1S/C18H24FN3OS/c1-5-22(11-16(23)21-18(2,3)4)10-15-12-24-17(20-15)13-6-8-14(19)9-7-13/h6-9,12H,5,10-11H2,1-4H3,(H,21,23). The molecule has 1 amide bonds. The third-order valence-electron chi connectivity index (χ3n) is 3.36. The number of hydrogen-bond donors (Lipinski definition) is 1. The molecule has 6 heteroatoms. The molecule has 0 aliphatic heterocycles. The van der Waals surface area contributed by atoms with Crippen LogP contribution in [0.25, 0.3) is 10.6 Å². The average Bonchev–Trinajstić information content (AvgIpc) is 2.94. The molecule has 1 aromatic carbocycles. The quantitative estimate of drug-likeness (QED) is 0.865. The fourth-order valence-electron chi connectivity index (χ4n) is 2.27. The molecule has 0 saturated carbocycles. The lowest BCUT2D eigenvalue weighted by molar-refractivity contribution is -0.123. The van der Waals surface area contributed by atoms with Gasteiger partial charge in [0.05, 0.1) is 12.2 Å². The Labute approximate surface area is 146 Å². The Kier molecular flexibility index (Phi) is 6.07. The molecule has 0 aliphatic rings. The number of carbonyl (C=O) groups excluding carboxylic acids is 1. The maximum absolute atomic E-state index is 13.0. The molecule has 1 heterocycles. The van der Waals surface area contributed by atoms with Gasteiger partial charge in [-0.05, 0) is 51.6 Å². The van der Waals surface area contributed by atoms with Crippen LogP contribution < -0.4 is 5.32 Å². The normalized spacial score (nSPS) is 11.8. The van der Waals surface area contributed by atoms with E-state index < -0.39 is 0 Å². The molecule has 0 aliphatic carbocycles. The van der Waals surface area contributed by atoms with Gasteiger partial charge in [-0.2, -0.15) is 0 Å². The molecule has 1 N–H and O–H groups in total. The maximum Gasteiger partial charge on any atom is 0.234 e. The van der Waals surface area contributed by atoms with E-state index in [9.17, 15) is 9.18 Å². The zero-order valence-electron chi connectivity index (χ0n) is 14.6. The third kappa shape index (κ3) is 5.69. The van der Waals surface area contributed by atoms with E-state index in [1.807, 2.05) is 38.0 Å². The zero-order chi connectivity index (χ0) is 17.7. The number of likely N-dealkylation sites (N-methyl/N-ethyl adjacent to an activating group) is 1. The van der Waals surface area contributed by atoms with Crippen LogP contribution in [-0.4, -0.2) is 34.4 Å². The predicted octanol–water partition coefficient (Wildman–Crippen LogP) is 3.69. The fourth-order valence-corrected chi connectivity index (χ4v) is 3.09. The number of nitrogens with zero attached hydrogens (tertiary/aromatic N) is 2. The summed E-state index contributed by atoms with van der Waals surface area (Å²) in [6.07, 6.45) is 0. The van der Waals surface area contributed by atoms with Gasteiger partial charge in [-0.15, -0.1) is 11.3 Å². The van der Waals surface area contributed by atoms with Crippen LogP contribution in [0.1, 0.15) is 33.4 Å². The van der Waals surface area contributed by atoms with Crippen LogP contribution in [0.2, 0.25) is 0 Å². The van der Waals surface area contributed by atoms with Gasteiger partial charge in [-0.1, -0.05) is 6.92 Å². The molecular weight excluding hydrogens is 325 g/mol. The van der Waals surface area contributed by atoms with Gasteiger partial charge < -0.3 is 5.32 Å². The summed E-state index contributed by atoms with van der Waals surface area (Å²) in [5.74, 6) is -0.240. The lowest BCUT2D eigenvalue weighted by Crippen LogP contribution is -2.45. The lowest BCUT2D eigenvalue weighted by atomic mass is 10.1. The Morgan fingerprint density at radius 3 is 2.54 bits per heavy atom. The Hall–Kier alpha value is -1.79. The van der Waals surface area contributed by atoms with Crippen molar-refractivity contribution in [1.82, 2.24) is 15.2 Å². The van der Waals surface area contributed by atoms with Crippen LogP contribution in [-0.2, 0) is 11.3 Å². The molecule has 0 saturated heterocycles. The summed E-state index contributed by atoms with van der Waals surface area (Å²) in [6, 6.07) is 6.33. The Bertz CT molecular complexity index is 676. The highest BCUT2D eigenvalue weighted by Gasteiger charge is 2.17. The summed E-state index contributed by atoms with van der Waals surface area (Å²) >= 11 is 1.53. The van der Waals surface area contributed by atoms with Crippen molar-refractivity contribution in [3.8, 4) is 10.6 Å². The average molecular weight is 349 g/mol. The molecule has 2 aromatic rings. The summed E-state index contributed by atoms with van der Waals surface area (Å²) in [5, 5.41) is 5.82. The minimum atomic E-state index is -0.252. The number of rotatable bonds is 6. The number of benzene rings is 1. The summed E-state index contributed by atoms with van der Waals surface area (Å²) in [4.78, 5) is 18.7. The van der Waals surface area contributed by atoms with Crippen molar-refractivity contribution in [1.29, 1.82) is 0 Å². The van der Waals surface area contributed by atoms with Crippen LogP contribution in [0.3, 0.4) is 0 Å². The van der Waals surface area contributed by atoms with Crippen molar-refractivity contribution < 1.29 is 9.18 Å². The van der Waals surface area contributed by atoms with Gasteiger partial charge in [0.15, 0.2) is 0 Å². The number of aromatic nitrogens is 1. The first-order valence-corrected chi connectivity index (χ1v) is 8.88. The van der Waals surface area contributed by atoms with Gasteiger partial charge in [-0.3, -0.25) is 9.69 Å². The number of thiazole rings is 1. The number of halogens is 1. The van der Waals surface area contributed by atoms with Crippen LogP contribution in [0.15, 0.2) is 29.6 Å². The Morgan fingerprint density at radius 1 is 1.29 bits per heavy atom.